The van der Waals surface area contributed by atoms with Crippen molar-refractivity contribution in [2.75, 3.05) is 29.4 Å². The van der Waals surface area contributed by atoms with Gasteiger partial charge in [0.2, 0.25) is 11.9 Å². The van der Waals surface area contributed by atoms with Gasteiger partial charge in [-0.15, -0.1) is 0 Å². The molecule has 1 spiro atoms. The highest BCUT2D eigenvalue weighted by atomic mass is 19.4. The minimum absolute atomic E-state index is 0.0940. The number of hydrogen-bond acceptors (Lipinski definition) is 6. The highest BCUT2D eigenvalue weighted by Crippen LogP contribution is 2.43. The number of anilines is 2. The van der Waals surface area contributed by atoms with Crippen LogP contribution in [0, 0.1) is 12.3 Å². The van der Waals surface area contributed by atoms with Gasteiger partial charge in [-0.05, 0) is 31.9 Å². The first kappa shape index (κ1) is 25.1. The van der Waals surface area contributed by atoms with Crippen LogP contribution in [-0.2, 0) is 24.6 Å². The summed E-state index contributed by atoms with van der Waals surface area (Å²) in [5.74, 6) is 0.0546. The van der Waals surface area contributed by atoms with E-state index in [0.29, 0.717) is 37.6 Å². The molecule has 0 bridgehead atoms. The molecule has 0 N–H and O–H groups in total. The van der Waals surface area contributed by atoms with E-state index in [4.69, 9.17) is 0 Å². The van der Waals surface area contributed by atoms with Crippen molar-refractivity contribution in [1.29, 1.82) is 0 Å². The smallest absolute Gasteiger partial charge is 0.342 e. The van der Waals surface area contributed by atoms with Crippen LogP contribution in [-0.4, -0.2) is 56.3 Å². The fraction of sp³-hybridized carbons (Fsp3) is 0.522. The van der Waals surface area contributed by atoms with Crippen molar-refractivity contribution in [3.05, 3.63) is 40.1 Å². The molecule has 2 aliphatic rings. The van der Waals surface area contributed by atoms with Gasteiger partial charge in [-0.3, -0.25) is 19.1 Å². The van der Waals surface area contributed by atoms with Crippen molar-refractivity contribution >= 4 is 28.6 Å². The Kier molecular flexibility index (Phi) is 5.94. The third-order valence-corrected chi connectivity index (χ3v) is 7.21. The van der Waals surface area contributed by atoms with E-state index in [9.17, 15) is 31.5 Å². The second-order valence-corrected chi connectivity index (χ2v) is 9.67. The van der Waals surface area contributed by atoms with E-state index >= 15 is 0 Å². The minimum atomic E-state index is -4.62. The molecular formula is C23H24F5N7O2. The molecule has 0 aliphatic carbocycles. The number of aryl methyl sites for hydroxylation is 1. The number of amides is 1. The second-order valence-electron chi connectivity index (χ2n) is 9.67. The lowest BCUT2D eigenvalue weighted by Crippen LogP contribution is -2.44. The van der Waals surface area contributed by atoms with Crippen molar-refractivity contribution in [3.8, 4) is 0 Å². The highest BCUT2D eigenvalue weighted by Gasteiger charge is 2.46. The Balaban J connectivity index is 1.38. The molecule has 3 aromatic rings. The molecule has 0 saturated carbocycles. The molecule has 2 aliphatic heterocycles. The van der Waals surface area contributed by atoms with Crippen LogP contribution in [0.25, 0.3) is 11.0 Å². The second kappa shape index (κ2) is 8.77. The van der Waals surface area contributed by atoms with Gasteiger partial charge in [0.15, 0.2) is 5.65 Å². The minimum Gasteiger partial charge on any atom is -0.342 e. The topological polar surface area (TPSA) is 89.2 Å². The average molecular weight is 525 g/mol. The Morgan fingerprint density at radius 2 is 1.86 bits per heavy atom. The maximum Gasteiger partial charge on any atom is 0.433 e. The van der Waals surface area contributed by atoms with E-state index in [-0.39, 0.29) is 35.6 Å². The molecule has 9 nitrogen and oxygen atoms in total. The Hall–Kier alpha value is -3.58. The number of aromatic nitrogens is 5. The Morgan fingerprint density at radius 3 is 2.51 bits per heavy atom. The largest absolute Gasteiger partial charge is 0.433 e. The van der Waals surface area contributed by atoms with E-state index in [2.05, 4.69) is 15.1 Å². The predicted octanol–water partition coefficient (Wildman–Crippen LogP) is 3.14. The Labute approximate surface area is 207 Å². The van der Waals surface area contributed by atoms with Crippen molar-refractivity contribution in [2.24, 2.45) is 12.5 Å². The maximum atomic E-state index is 13.1. The van der Waals surface area contributed by atoms with Gasteiger partial charge in [-0.1, -0.05) is 0 Å². The molecule has 5 heterocycles. The van der Waals surface area contributed by atoms with Crippen LogP contribution in [0.1, 0.15) is 30.7 Å². The average Bonchev–Trinajstić information content (AvgIpc) is 3.31. The standard InChI is InChI=1S/C23H24F5N7O2/c1-13-18-19(35(31-13)11-16(24)25)30-21(32(2)20(18)37)33-7-4-22(5-8-33)10-17(36)34(12-22)14-3-6-29-15(9-14)23(26,27)28/h3,6,9,16H,4-5,7-8,10-12H2,1-2H3. The van der Waals surface area contributed by atoms with Gasteiger partial charge in [-0.25, -0.2) is 13.5 Å². The van der Waals surface area contributed by atoms with E-state index in [1.807, 2.05) is 4.90 Å². The summed E-state index contributed by atoms with van der Waals surface area (Å²) in [5.41, 5.74) is -1.31. The van der Waals surface area contributed by atoms with Crippen molar-refractivity contribution in [3.63, 3.8) is 0 Å². The van der Waals surface area contributed by atoms with Crippen LogP contribution in [0.4, 0.5) is 33.6 Å². The van der Waals surface area contributed by atoms with Crippen LogP contribution in [0.15, 0.2) is 23.1 Å². The number of carbonyl (C=O) groups excluding carboxylic acids is 1. The summed E-state index contributed by atoms with van der Waals surface area (Å²) in [7, 11) is 1.56. The van der Waals surface area contributed by atoms with Crippen LogP contribution < -0.4 is 15.4 Å². The summed E-state index contributed by atoms with van der Waals surface area (Å²) >= 11 is 0. The molecule has 1 amide bonds. The van der Waals surface area contributed by atoms with Crippen LogP contribution in [0.5, 0.6) is 0 Å². The van der Waals surface area contributed by atoms with Crippen molar-refractivity contribution in [1.82, 2.24) is 24.3 Å². The zero-order valence-electron chi connectivity index (χ0n) is 20.1. The summed E-state index contributed by atoms with van der Waals surface area (Å²) in [6.45, 7) is 2.02. The molecule has 198 valence electrons. The maximum absolute atomic E-state index is 13.1. The lowest BCUT2D eigenvalue weighted by molar-refractivity contribution is -0.141. The number of alkyl halides is 5. The highest BCUT2D eigenvalue weighted by molar-refractivity contribution is 5.96. The number of pyridine rings is 1. The molecule has 0 unspecified atom stereocenters. The van der Waals surface area contributed by atoms with E-state index in [0.717, 1.165) is 16.9 Å². The quantitative estimate of drug-likeness (QED) is 0.487. The van der Waals surface area contributed by atoms with Gasteiger partial charge < -0.3 is 9.80 Å². The number of hydrogen-bond donors (Lipinski definition) is 0. The zero-order chi connectivity index (χ0) is 26.7. The normalized spacial score (nSPS) is 18.1. The van der Waals surface area contributed by atoms with Gasteiger partial charge in [0.25, 0.3) is 12.0 Å². The Bertz CT molecular complexity index is 1420. The van der Waals surface area contributed by atoms with Crippen molar-refractivity contribution in [2.45, 2.75) is 45.3 Å². The molecule has 0 aromatic carbocycles. The first-order valence-corrected chi connectivity index (χ1v) is 11.7. The summed E-state index contributed by atoms with van der Waals surface area (Å²) in [6, 6.07) is 2.27. The molecule has 14 heteroatoms. The molecular weight excluding hydrogens is 501 g/mol. The summed E-state index contributed by atoms with van der Waals surface area (Å²) in [6.07, 6.45) is -4.97. The molecule has 2 fully saturated rings. The molecule has 0 atom stereocenters. The van der Waals surface area contributed by atoms with Gasteiger partial charge >= 0.3 is 6.18 Å². The predicted molar refractivity (Wildman–Crippen MR) is 124 cm³/mol. The van der Waals surface area contributed by atoms with Gasteiger partial charge in [0, 0.05) is 50.4 Å². The van der Waals surface area contributed by atoms with Gasteiger partial charge in [0.1, 0.15) is 17.6 Å². The number of nitrogens with zero attached hydrogens (tertiary/aromatic N) is 7. The van der Waals surface area contributed by atoms with E-state index < -0.39 is 35.8 Å². The van der Waals surface area contributed by atoms with Gasteiger partial charge in [-0.2, -0.15) is 23.3 Å². The number of fused-ring (bicyclic) bond motifs is 1. The lowest BCUT2D eigenvalue weighted by atomic mass is 9.77. The van der Waals surface area contributed by atoms with Crippen LogP contribution in [0.2, 0.25) is 0 Å². The number of halogens is 5. The van der Waals surface area contributed by atoms with Crippen molar-refractivity contribution < 1.29 is 26.7 Å². The van der Waals surface area contributed by atoms with E-state index in [1.165, 1.54) is 15.5 Å². The fourth-order valence-electron chi connectivity index (χ4n) is 5.29. The number of carbonyl (C=O) groups is 1. The Morgan fingerprint density at radius 1 is 1.16 bits per heavy atom. The zero-order valence-corrected chi connectivity index (χ0v) is 20.1. The lowest BCUT2D eigenvalue weighted by Gasteiger charge is -2.39. The van der Waals surface area contributed by atoms with Crippen LogP contribution in [0.3, 0.4) is 0 Å². The molecule has 3 aromatic heterocycles. The first-order valence-electron chi connectivity index (χ1n) is 11.7. The monoisotopic (exact) mass is 525 g/mol. The molecule has 0 radical (unpaired) electrons. The van der Waals surface area contributed by atoms with Gasteiger partial charge in [0.05, 0.1) is 5.69 Å². The van der Waals surface area contributed by atoms with Crippen LogP contribution >= 0.6 is 0 Å². The summed E-state index contributed by atoms with van der Waals surface area (Å²) < 4.78 is 67.8. The first-order chi connectivity index (χ1) is 17.4. The summed E-state index contributed by atoms with van der Waals surface area (Å²) in [4.78, 5) is 37.0. The van der Waals surface area contributed by atoms with E-state index in [1.54, 1.807) is 14.0 Å². The third-order valence-electron chi connectivity index (χ3n) is 7.21. The molecule has 37 heavy (non-hydrogen) atoms. The molecule has 2 saturated heterocycles. The molecule has 5 rings (SSSR count). The summed E-state index contributed by atoms with van der Waals surface area (Å²) in [5, 5.41) is 4.26. The number of rotatable bonds is 4. The number of piperidine rings is 1. The fourth-order valence-corrected chi connectivity index (χ4v) is 5.29. The SMILES string of the molecule is Cc1nn(CC(F)F)c2nc(N3CCC4(CC3)CC(=O)N(c3ccnc(C(F)(F)F)c3)C4)n(C)c(=O)c12. The third kappa shape index (κ3) is 4.42.